The molecule has 0 bridgehead atoms. The number of aliphatic hydroxyl groups is 1. The first-order chi connectivity index (χ1) is 11.2. The van der Waals surface area contributed by atoms with Crippen molar-refractivity contribution in [3.05, 3.63) is 71.3 Å². The molecular formula is C18H19N3O2. The number of aliphatic hydroxyl groups excluding tert-OH is 1. The van der Waals surface area contributed by atoms with E-state index in [9.17, 15) is 9.90 Å². The van der Waals surface area contributed by atoms with Crippen molar-refractivity contribution in [2.75, 3.05) is 6.61 Å². The van der Waals surface area contributed by atoms with E-state index in [-0.39, 0.29) is 18.7 Å². The van der Waals surface area contributed by atoms with Crippen LogP contribution >= 0.6 is 0 Å². The van der Waals surface area contributed by atoms with Crippen LogP contribution in [0.2, 0.25) is 0 Å². The third-order valence-electron chi connectivity index (χ3n) is 3.43. The van der Waals surface area contributed by atoms with Gasteiger partial charge < -0.3 is 15.7 Å². The number of rotatable bonds is 6. The molecule has 0 aliphatic carbocycles. The molecule has 2 aromatic rings. The highest BCUT2D eigenvalue weighted by molar-refractivity contribution is 5.74. The lowest BCUT2D eigenvalue weighted by Crippen LogP contribution is -2.38. The summed E-state index contributed by atoms with van der Waals surface area (Å²) >= 11 is 0. The summed E-state index contributed by atoms with van der Waals surface area (Å²) in [6.07, 6.45) is 0.446. The maximum atomic E-state index is 12.1. The van der Waals surface area contributed by atoms with Gasteiger partial charge in [0.2, 0.25) is 0 Å². The Labute approximate surface area is 135 Å². The molecule has 0 fully saturated rings. The predicted molar refractivity (Wildman–Crippen MR) is 87.4 cm³/mol. The molecule has 0 heterocycles. The molecule has 23 heavy (non-hydrogen) atoms. The predicted octanol–water partition coefficient (Wildman–Crippen LogP) is 2.48. The van der Waals surface area contributed by atoms with Crippen LogP contribution in [0, 0.1) is 11.3 Å². The molecule has 1 atom stereocenters. The van der Waals surface area contributed by atoms with Gasteiger partial charge >= 0.3 is 6.03 Å². The summed E-state index contributed by atoms with van der Waals surface area (Å²) < 4.78 is 0. The Kier molecular flexibility index (Phi) is 6.16. The third-order valence-corrected chi connectivity index (χ3v) is 3.43. The molecule has 5 nitrogen and oxygen atoms in total. The average Bonchev–Trinajstić information content (AvgIpc) is 2.60. The summed E-state index contributed by atoms with van der Waals surface area (Å²) in [5.41, 5.74) is 2.37. The minimum Gasteiger partial charge on any atom is -0.396 e. The van der Waals surface area contributed by atoms with E-state index in [0.29, 0.717) is 18.5 Å². The van der Waals surface area contributed by atoms with Gasteiger partial charge in [0.05, 0.1) is 17.7 Å². The van der Waals surface area contributed by atoms with E-state index in [1.165, 1.54) is 0 Å². The zero-order chi connectivity index (χ0) is 16.5. The van der Waals surface area contributed by atoms with Crippen LogP contribution < -0.4 is 10.6 Å². The fourth-order valence-corrected chi connectivity index (χ4v) is 2.28. The van der Waals surface area contributed by atoms with Gasteiger partial charge in [-0.2, -0.15) is 5.26 Å². The first kappa shape index (κ1) is 16.5. The van der Waals surface area contributed by atoms with Gasteiger partial charge in [-0.3, -0.25) is 0 Å². The fourth-order valence-electron chi connectivity index (χ4n) is 2.28. The highest BCUT2D eigenvalue weighted by Crippen LogP contribution is 2.15. The van der Waals surface area contributed by atoms with Gasteiger partial charge in [0.25, 0.3) is 0 Å². The number of hydrogen-bond donors (Lipinski definition) is 3. The number of carbonyl (C=O) groups excluding carboxylic acids is 1. The van der Waals surface area contributed by atoms with E-state index >= 15 is 0 Å². The Bertz CT molecular complexity index is 680. The van der Waals surface area contributed by atoms with E-state index in [1.54, 1.807) is 18.2 Å². The van der Waals surface area contributed by atoms with Gasteiger partial charge in [-0.1, -0.05) is 42.5 Å². The Hall–Kier alpha value is -2.84. The summed E-state index contributed by atoms with van der Waals surface area (Å²) in [5.74, 6) is 0. The quantitative estimate of drug-likeness (QED) is 0.766. The molecule has 0 aromatic heterocycles. The Morgan fingerprint density at radius 1 is 1.17 bits per heavy atom. The van der Waals surface area contributed by atoms with Crippen molar-refractivity contribution >= 4 is 6.03 Å². The number of benzene rings is 2. The first-order valence-electron chi connectivity index (χ1n) is 7.42. The number of nitrogens with zero attached hydrogens (tertiary/aromatic N) is 1. The number of carbonyl (C=O) groups is 1. The molecule has 2 amide bonds. The van der Waals surface area contributed by atoms with Crippen molar-refractivity contribution in [3.8, 4) is 6.07 Å². The summed E-state index contributed by atoms with van der Waals surface area (Å²) in [4.78, 5) is 12.1. The fraction of sp³-hybridized carbons (Fsp3) is 0.222. The SMILES string of the molecule is N#Cc1cccc(CNC(=O)N[C@H](CCO)c2ccccc2)c1. The van der Waals surface area contributed by atoms with E-state index in [4.69, 9.17) is 5.26 Å². The van der Waals surface area contributed by atoms with Crippen molar-refractivity contribution in [1.82, 2.24) is 10.6 Å². The summed E-state index contributed by atoms with van der Waals surface area (Å²) in [7, 11) is 0. The van der Waals surface area contributed by atoms with E-state index in [0.717, 1.165) is 11.1 Å². The lowest BCUT2D eigenvalue weighted by molar-refractivity contribution is 0.229. The van der Waals surface area contributed by atoms with Crippen molar-refractivity contribution in [2.24, 2.45) is 0 Å². The third kappa shape index (κ3) is 5.13. The Morgan fingerprint density at radius 3 is 2.65 bits per heavy atom. The Balaban J connectivity index is 1.93. The maximum absolute atomic E-state index is 12.1. The molecule has 0 saturated heterocycles. The summed E-state index contributed by atoms with van der Waals surface area (Å²) in [6, 6.07) is 18.1. The second kappa shape index (κ2) is 8.57. The number of nitriles is 1. The molecule has 0 unspecified atom stereocenters. The lowest BCUT2D eigenvalue weighted by atomic mass is 10.0. The molecule has 0 aliphatic rings. The topological polar surface area (TPSA) is 85.2 Å². The summed E-state index contributed by atoms with van der Waals surface area (Å²) in [6.45, 7) is 0.325. The molecule has 2 aromatic carbocycles. The van der Waals surface area contributed by atoms with Gasteiger partial charge in [-0.25, -0.2) is 4.79 Å². The van der Waals surface area contributed by atoms with E-state index < -0.39 is 0 Å². The van der Waals surface area contributed by atoms with Crippen molar-refractivity contribution < 1.29 is 9.90 Å². The Morgan fingerprint density at radius 2 is 1.96 bits per heavy atom. The van der Waals surface area contributed by atoms with Crippen LogP contribution in [-0.4, -0.2) is 17.7 Å². The van der Waals surface area contributed by atoms with Crippen LogP contribution in [0.25, 0.3) is 0 Å². The minimum absolute atomic E-state index is 0.00987. The van der Waals surface area contributed by atoms with Crippen LogP contribution in [0.15, 0.2) is 54.6 Å². The smallest absolute Gasteiger partial charge is 0.315 e. The van der Waals surface area contributed by atoms with Crippen molar-refractivity contribution in [3.63, 3.8) is 0 Å². The summed E-state index contributed by atoms with van der Waals surface area (Å²) in [5, 5.41) is 23.7. The monoisotopic (exact) mass is 309 g/mol. The van der Waals surface area contributed by atoms with Gasteiger partial charge in [0.1, 0.15) is 0 Å². The van der Waals surface area contributed by atoms with Gasteiger partial charge in [-0.15, -0.1) is 0 Å². The molecule has 5 heteroatoms. The lowest BCUT2D eigenvalue weighted by Gasteiger charge is -2.18. The second-order valence-electron chi connectivity index (χ2n) is 5.11. The van der Waals surface area contributed by atoms with E-state index in [1.807, 2.05) is 36.4 Å². The zero-order valence-corrected chi connectivity index (χ0v) is 12.7. The van der Waals surface area contributed by atoms with Crippen LogP contribution in [0.1, 0.15) is 29.2 Å². The van der Waals surface area contributed by atoms with Gasteiger partial charge in [-0.05, 0) is 29.7 Å². The van der Waals surface area contributed by atoms with Gasteiger partial charge in [0.15, 0.2) is 0 Å². The van der Waals surface area contributed by atoms with Crippen molar-refractivity contribution in [2.45, 2.75) is 19.0 Å². The number of nitrogens with one attached hydrogen (secondary N) is 2. The van der Waals surface area contributed by atoms with E-state index in [2.05, 4.69) is 16.7 Å². The molecule has 0 aliphatic heterocycles. The molecule has 118 valence electrons. The van der Waals surface area contributed by atoms with Crippen LogP contribution in [0.5, 0.6) is 0 Å². The first-order valence-corrected chi connectivity index (χ1v) is 7.42. The minimum atomic E-state index is -0.310. The second-order valence-corrected chi connectivity index (χ2v) is 5.11. The molecule has 0 spiro atoms. The average molecular weight is 309 g/mol. The number of urea groups is 1. The van der Waals surface area contributed by atoms with Gasteiger partial charge in [0, 0.05) is 13.2 Å². The zero-order valence-electron chi connectivity index (χ0n) is 12.7. The highest BCUT2D eigenvalue weighted by Gasteiger charge is 2.13. The number of amides is 2. The molecule has 2 rings (SSSR count). The highest BCUT2D eigenvalue weighted by atomic mass is 16.3. The van der Waals surface area contributed by atoms with Crippen LogP contribution in [0.3, 0.4) is 0 Å². The maximum Gasteiger partial charge on any atom is 0.315 e. The largest absolute Gasteiger partial charge is 0.396 e. The molecule has 0 saturated carbocycles. The molecule has 3 N–H and O–H groups in total. The molecular weight excluding hydrogens is 290 g/mol. The number of hydrogen-bond acceptors (Lipinski definition) is 3. The van der Waals surface area contributed by atoms with Crippen LogP contribution in [-0.2, 0) is 6.54 Å². The van der Waals surface area contributed by atoms with Crippen LogP contribution in [0.4, 0.5) is 4.79 Å². The molecule has 0 radical (unpaired) electrons. The normalized spacial score (nSPS) is 11.3. The van der Waals surface area contributed by atoms with Crippen molar-refractivity contribution in [1.29, 1.82) is 5.26 Å². The standard InChI is InChI=1S/C18H19N3O2/c19-12-14-5-4-6-15(11-14)13-20-18(23)21-17(9-10-22)16-7-2-1-3-8-16/h1-8,11,17,22H,9-10,13H2,(H2,20,21,23)/t17-/m1/s1.